The van der Waals surface area contributed by atoms with Gasteiger partial charge >= 0.3 is 18.1 Å². The zero-order chi connectivity index (χ0) is 20.1. The third-order valence-electron chi connectivity index (χ3n) is 2.73. The highest BCUT2D eigenvalue weighted by Crippen LogP contribution is 2.25. The Kier molecular flexibility index (Phi) is 7.58. The van der Waals surface area contributed by atoms with Crippen molar-refractivity contribution in [1.82, 2.24) is 0 Å². The van der Waals surface area contributed by atoms with Gasteiger partial charge in [-0.1, -0.05) is 29.2 Å². The van der Waals surface area contributed by atoms with Crippen molar-refractivity contribution in [2.24, 2.45) is 0 Å². The molecular formula is C14H12F3IO7S. The van der Waals surface area contributed by atoms with Gasteiger partial charge in [-0.25, -0.2) is 9.59 Å². The van der Waals surface area contributed by atoms with E-state index in [9.17, 15) is 31.2 Å². The summed E-state index contributed by atoms with van der Waals surface area (Å²) in [6.07, 6.45) is -8.23. The quantitative estimate of drug-likeness (QED) is 0.151. The van der Waals surface area contributed by atoms with Crippen LogP contribution in [-0.2, 0) is 19.6 Å². The van der Waals surface area contributed by atoms with Crippen LogP contribution in [0.5, 0.6) is 5.75 Å². The minimum Gasteiger partial charge on any atom is -0.448 e. The first-order valence-electron chi connectivity index (χ1n) is 6.62. The molecule has 1 atom stereocenters. The molecule has 7 nitrogen and oxygen atoms in total. The topological polar surface area (TPSA) is 107 Å². The maximum atomic E-state index is 12.7. The van der Waals surface area contributed by atoms with Crippen molar-refractivity contribution in [2.75, 3.05) is 10.2 Å². The second kappa shape index (κ2) is 8.81. The number of hydrogen-bond donors (Lipinski definition) is 1. The van der Waals surface area contributed by atoms with Gasteiger partial charge < -0.3 is 9.47 Å². The third kappa shape index (κ3) is 7.29. The molecule has 0 heterocycles. The smallest absolute Gasteiger partial charge is 0.426 e. The lowest BCUT2D eigenvalue weighted by atomic mass is 10.2. The summed E-state index contributed by atoms with van der Waals surface area (Å²) in [6.45, 7) is 3.47. The number of carbonyl (C=O) groups excluding carboxylic acids is 2. The van der Waals surface area contributed by atoms with E-state index < -0.39 is 40.1 Å². The summed E-state index contributed by atoms with van der Waals surface area (Å²) in [4.78, 5) is 23.3. The van der Waals surface area contributed by atoms with Crippen molar-refractivity contribution in [3.63, 3.8) is 0 Å². The monoisotopic (exact) mass is 508 g/mol. The molecule has 0 spiro atoms. The molecule has 0 aromatic heterocycles. The van der Waals surface area contributed by atoms with Crippen LogP contribution in [0.2, 0.25) is 0 Å². The molecule has 1 N–H and O–H groups in total. The molecule has 12 heteroatoms. The van der Waals surface area contributed by atoms with Crippen molar-refractivity contribution in [2.45, 2.75) is 12.3 Å². The Hall–Kier alpha value is -1.67. The van der Waals surface area contributed by atoms with E-state index in [-0.39, 0.29) is 16.9 Å². The molecule has 1 unspecified atom stereocenters. The van der Waals surface area contributed by atoms with Gasteiger partial charge in [0.1, 0.15) is 11.5 Å². The van der Waals surface area contributed by atoms with Gasteiger partial charge in [0, 0.05) is 10.0 Å². The molecular weight excluding hydrogens is 496 g/mol. The van der Waals surface area contributed by atoms with Crippen LogP contribution < -0.4 is 4.74 Å². The molecule has 0 saturated heterocycles. The zero-order valence-electron chi connectivity index (χ0n) is 12.8. The van der Waals surface area contributed by atoms with Crippen LogP contribution in [0.25, 0.3) is 0 Å². The van der Waals surface area contributed by atoms with Crippen molar-refractivity contribution in [3.05, 3.63) is 42.0 Å². The van der Waals surface area contributed by atoms with Crippen LogP contribution in [0.1, 0.15) is 10.4 Å². The van der Waals surface area contributed by atoms with Crippen LogP contribution in [0, 0.1) is 0 Å². The molecule has 0 bridgehead atoms. The minimum atomic E-state index is -5.19. The van der Waals surface area contributed by atoms with E-state index in [0.717, 1.165) is 24.3 Å². The van der Waals surface area contributed by atoms with Crippen LogP contribution >= 0.6 is 22.6 Å². The summed E-state index contributed by atoms with van der Waals surface area (Å²) in [7, 11) is -5.03. The largest absolute Gasteiger partial charge is 0.448 e. The fourth-order valence-electron chi connectivity index (χ4n) is 1.48. The Morgan fingerprint density at radius 1 is 1.23 bits per heavy atom. The number of esters is 2. The van der Waals surface area contributed by atoms with Crippen molar-refractivity contribution < 1.29 is 45.2 Å². The average Bonchev–Trinajstić information content (AvgIpc) is 2.51. The Bertz CT molecular complexity index is 788. The second-order valence-corrected chi connectivity index (χ2v) is 7.10. The number of rotatable bonds is 7. The molecule has 26 heavy (non-hydrogen) atoms. The summed E-state index contributed by atoms with van der Waals surface area (Å²) < 4.78 is 77.4. The lowest BCUT2D eigenvalue weighted by molar-refractivity contribution is -0.197. The van der Waals surface area contributed by atoms with Crippen LogP contribution in [-0.4, -0.2) is 47.4 Å². The summed E-state index contributed by atoms with van der Waals surface area (Å²) >= 11 is 1.90. The zero-order valence-corrected chi connectivity index (χ0v) is 15.8. The van der Waals surface area contributed by atoms with Gasteiger partial charge in [-0.2, -0.15) is 21.6 Å². The van der Waals surface area contributed by atoms with E-state index in [1.165, 1.54) is 0 Å². The predicted octanol–water partition coefficient (Wildman–Crippen LogP) is 2.56. The number of halogens is 4. The van der Waals surface area contributed by atoms with Gasteiger partial charge in [-0.15, -0.1) is 0 Å². The van der Waals surface area contributed by atoms with Gasteiger partial charge in [0.2, 0.25) is 6.10 Å². The number of carbonyl (C=O) groups is 2. The van der Waals surface area contributed by atoms with Crippen LogP contribution in [0.4, 0.5) is 13.2 Å². The lowest BCUT2D eigenvalue weighted by Crippen LogP contribution is -2.39. The maximum absolute atomic E-state index is 12.7. The highest BCUT2D eigenvalue weighted by molar-refractivity contribution is 14.1. The number of hydrogen-bond acceptors (Lipinski definition) is 6. The van der Waals surface area contributed by atoms with Crippen LogP contribution in [0.15, 0.2) is 36.4 Å². The minimum absolute atomic E-state index is 0.0165. The van der Waals surface area contributed by atoms with Crippen molar-refractivity contribution in [1.29, 1.82) is 0 Å². The third-order valence-corrected chi connectivity index (χ3v) is 4.37. The van der Waals surface area contributed by atoms with E-state index in [4.69, 9.17) is 9.29 Å². The average molecular weight is 508 g/mol. The first-order chi connectivity index (χ1) is 11.8. The molecule has 0 radical (unpaired) electrons. The molecule has 0 aliphatic rings. The number of alkyl halides is 4. The molecule has 0 amide bonds. The number of benzene rings is 1. The van der Waals surface area contributed by atoms with E-state index in [1.807, 2.05) is 22.6 Å². The fraction of sp³-hybridized carbons (Fsp3) is 0.286. The van der Waals surface area contributed by atoms with Gasteiger partial charge in [0.15, 0.2) is 0 Å². The standard InChI is InChI=1S/C14H12F3IO7S/c1-8(6-18)12(19)24-10-4-2-9(3-5-10)13(20)25-11(14(15,16)17)7-26(21,22)23/h2-5,11H,1,6-7H2,(H,21,22,23). The van der Waals surface area contributed by atoms with Crippen LogP contribution in [0.3, 0.4) is 0 Å². The molecule has 144 valence electrons. The lowest BCUT2D eigenvalue weighted by Gasteiger charge is -2.19. The number of ether oxygens (including phenoxy) is 2. The Morgan fingerprint density at radius 2 is 1.77 bits per heavy atom. The summed E-state index contributed by atoms with van der Waals surface area (Å²) in [5.74, 6) is -3.98. The summed E-state index contributed by atoms with van der Waals surface area (Å²) in [5, 5.41) is 0. The molecule has 1 aromatic rings. The first-order valence-corrected chi connectivity index (χ1v) is 9.76. The molecule has 0 aliphatic carbocycles. The second-order valence-electron chi connectivity index (χ2n) is 4.84. The Labute approximate surface area is 160 Å². The summed E-state index contributed by atoms with van der Waals surface area (Å²) in [5.41, 5.74) is -0.158. The molecule has 0 saturated carbocycles. The van der Waals surface area contributed by atoms with E-state index >= 15 is 0 Å². The highest BCUT2D eigenvalue weighted by Gasteiger charge is 2.45. The SMILES string of the molecule is C=C(CI)C(=O)Oc1ccc(C(=O)OC(CS(=O)(=O)O)C(F)(F)F)cc1. The van der Waals surface area contributed by atoms with E-state index in [0.29, 0.717) is 4.43 Å². The van der Waals surface area contributed by atoms with Gasteiger partial charge in [0.25, 0.3) is 10.1 Å². The fourth-order valence-corrected chi connectivity index (χ4v) is 2.43. The van der Waals surface area contributed by atoms with E-state index in [1.54, 1.807) is 0 Å². The highest BCUT2D eigenvalue weighted by atomic mass is 127. The van der Waals surface area contributed by atoms with Crippen molar-refractivity contribution in [3.8, 4) is 5.75 Å². The molecule has 1 rings (SSSR count). The Balaban J connectivity index is 2.86. The van der Waals surface area contributed by atoms with Crippen molar-refractivity contribution >= 4 is 44.6 Å². The van der Waals surface area contributed by atoms with Gasteiger partial charge in [0.05, 0.1) is 5.56 Å². The molecule has 1 aromatic carbocycles. The molecule has 0 aliphatic heterocycles. The Morgan fingerprint density at radius 3 is 2.19 bits per heavy atom. The normalized spacial score (nSPS) is 13.0. The van der Waals surface area contributed by atoms with Gasteiger partial charge in [-0.3, -0.25) is 4.55 Å². The predicted molar refractivity (Wildman–Crippen MR) is 91.8 cm³/mol. The molecule has 0 fully saturated rings. The first kappa shape index (κ1) is 22.4. The summed E-state index contributed by atoms with van der Waals surface area (Å²) in [6, 6.07) is 4.33. The van der Waals surface area contributed by atoms with E-state index in [2.05, 4.69) is 11.3 Å². The van der Waals surface area contributed by atoms with Gasteiger partial charge in [-0.05, 0) is 24.3 Å². The maximum Gasteiger partial charge on any atom is 0.426 e.